The molecule has 2 rings (SSSR count). The van der Waals surface area contributed by atoms with Crippen LogP contribution in [-0.2, 0) is 15.3 Å². The Kier molecular flexibility index (Phi) is 3.56. The fourth-order valence-corrected chi connectivity index (χ4v) is 2.11. The van der Waals surface area contributed by atoms with Gasteiger partial charge < -0.3 is 14.2 Å². The van der Waals surface area contributed by atoms with Crippen LogP contribution in [0.15, 0.2) is 18.2 Å². The monoisotopic (exact) mass is 260 g/mol. The van der Waals surface area contributed by atoms with Crippen LogP contribution in [0.3, 0.4) is 0 Å². The van der Waals surface area contributed by atoms with Gasteiger partial charge in [0, 0.05) is 0 Å². The van der Waals surface area contributed by atoms with Gasteiger partial charge in [0.2, 0.25) is 0 Å². The Hall–Kier alpha value is -0.840. The summed E-state index contributed by atoms with van der Waals surface area (Å²) < 4.78 is 30.2. The number of halogens is 2. The van der Waals surface area contributed by atoms with Crippen molar-refractivity contribution >= 4 is 11.6 Å². The zero-order chi connectivity index (χ0) is 12.5. The fourth-order valence-electron chi connectivity index (χ4n) is 1.96. The first-order valence-corrected chi connectivity index (χ1v) is 5.85. The van der Waals surface area contributed by atoms with Crippen molar-refractivity contribution in [2.75, 3.05) is 19.6 Å². The highest BCUT2D eigenvalue weighted by atomic mass is 35.5. The SMILES string of the molecule is COc1cccc(F)c1C1(C)OCC(CCl)O1. The smallest absolute Gasteiger partial charge is 0.198 e. The Labute approximate surface area is 104 Å². The molecule has 0 amide bonds. The second kappa shape index (κ2) is 4.80. The Balaban J connectivity index is 2.40. The number of methoxy groups -OCH3 is 1. The van der Waals surface area contributed by atoms with Gasteiger partial charge in [-0.3, -0.25) is 0 Å². The maximum Gasteiger partial charge on any atom is 0.198 e. The lowest BCUT2D eigenvalue weighted by Crippen LogP contribution is -2.26. The summed E-state index contributed by atoms with van der Waals surface area (Å²) in [4.78, 5) is 0. The second-order valence-electron chi connectivity index (χ2n) is 3.97. The molecule has 94 valence electrons. The molecule has 0 radical (unpaired) electrons. The van der Waals surface area contributed by atoms with Crippen molar-refractivity contribution in [2.45, 2.75) is 18.8 Å². The van der Waals surface area contributed by atoms with Crippen LogP contribution in [0.25, 0.3) is 0 Å². The predicted octanol–water partition coefficient (Wildman–Crippen LogP) is 2.66. The minimum atomic E-state index is -1.14. The van der Waals surface area contributed by atoms with Crippen molar-refractivity contribution in [3.05, 3.63) is 29.6 Å². The van der Waals surface area contributed by atoms with Crippen LogP contribution in [0.2, 0.25) is 0 Å². The average molecular weight is 261 g/mol. The van der Waals surface area contributed by atoms with Gasteiger partial charge >= 0.3 is 0 Å². The molecule has 0 bridgehead atoms. The molecule has 0 aliphatic carbocycles. The van der Waals surface area contributed by atoms with Crippen molar-refractivity contribution in [1.29, 1.82) is 0 Å². The third-order valence-electron chi connectivity index (χ3n) is 2.76. The molecule has 2 unspecified atom stereocenters. The summed E-state index contributed by atoms with van der Waals surface area (Å²) in [6.45, 7) is 2.01. The molecule has 2 atom stereocenters. The first-order chi connectivity index (χ1) is 8.10. The van der Waals surface area contributed by atoms with E-state index >= 15 is 0 Å². The molecule has 0 aromatic heterocycles. The first-order valence-electron chi connectivity index (χ1n) is 5.31. The highest BCUT2D eigenvalue weighted by Crippen LogP contribution is 2.40. The number of ether oxygens (including phenoxy) is 3. The lowest BCUT2D eigenvalue weighted by molar-refractivity contribution is -0.162. The van der Waals surface area contributed by atoms with Crippen LogP contribution in [-0.4, -0.2) is 25.7 Å². The maximum atomic E-state index is 13.9. The van der Waals surface area contributed by atoms with E-state index in [1.54, 1.807) is 19.1 Å². The standard InChI is InChI=1S/C12H14ClFO3/c1-12(16-7-8(6-13)17-12)11-9(14)4-3-5-10(11)15-2/h3-5,8H,6-7H2,1-2H3. The van der Waals surface area contributed by atoms with Gasteiger partial charge in [-0.15, -0.1) is 11.6 Å². The molecule has 17 heavy (non-hydrogen) atoms. The summed E-state index contributed by atoms with van der Waals surface area (Å²) >= 11 is 5.71. The molecule has 1 aromatic carbocycles. The van der Waals surface area contributed by atoms with E-state index < -0.39 is 11.6 Å². The molecular weight excluding hydrogens is 247 g/mol. The summed E-state index contributed by atoms with van der Waals surface area (Å²) in [6, 6.07) is 4.60. The van der Waals surface area contributed by atoms with Crippen molar-refractivity contribution in [3.8, 4) is 5.75 Å². The van der Waals surface area contributed by atoms with Gasteiger partial charge in [-0.25, -0.2) is 4.39 Å². The molecule has 1 aliphatic heterocycles. The van der Waals surface area contributed by atoms with Crippen molar-refractivity contribution in [3.63, 3.8) is 0 Å². The van der Waals surface area contributed by atoms with Crippen molar-refractivity contribution in [2.24, 2.45) is 0 Å². The first kappa shape index (κ1) is 12.6. The zero-order valence-electron chi connectivity index (χ0n) is 9.70. The molecule has 1 heterocycles. The Morgan fingerprint density at radius 1 is 1.59 bits per heavy atom. The van der Waals surface area contributed by atoms with E-state index in [9.17, 15) is 4.39 Å². The molecule has 5 heteroatoms. The van der Waals surface area contributed by atoms with Crippen LogP contribution < -0.4 is 4.74 Å². The normalized spacial score (nSPS) is 28.4. The summed E-state index contributed by atoms with van der Waals surface area (Å²) in [5.41, 5.74) is 0.273. The minimum Gasteiger partial charge on any atom is -0.496 e. The maximum absolute atomic E-state index is 13.9. The molecule has 0 N–H and O–H groups in total. The van der Waals surface area contributed by atoms with Gasteiger partial charge in [-0.05, 0) is 19.1 Å². The molecule has 0 spiro atoms. The van der Waals surface area contributed by atoms with Gasteiger partial charge in [0.1, 0.15) is 11.6 Å². The van der Waals surface area contributed by atoms with Gasteiger partial charge in [0.05, 0.1) is 31.3 Å². The van der Waals surface area contributed by atoms with E-state index in [1.807, 2.05) is 0 Å². The highest BCUT2D eigenvalue weighted by molar-refractivity contribution is 6.18. The molecule has 1 fully saturated rings. The quantitative estimate of drug-likeness (QED) is 0.782. The topological polar surface area (TPSA) is 27.7 Å². The van der Waals surface area contributed by atoms with E-state index in [1.165, 1.54) is 13.2 Å². The Morgan fingerprint density at radius 2 is 2.35 bits per heavy atom. The van der Waals surface area contributed by atoms with Crippen molar-refractivity contribution in [1.82, 2.24) is 0 Å². The van der Waals surface area contributed by atoms with E-state index in [2.05, 4.69) is 0 Å². The summed E-state index contributed by atoms with van der Waals surface area (Å²) in [7, 11) is 1.48. The molecule has 1 saturated heterocycles. The Bertz CT molecular complexity index is 413. The fraction of sp³-hybridized carbons (Fsp3) is 0.500. The van der Waals surface area contributed by atoms with Crippen LogP contribution >= 0.6 is 11.6 Å². The van der Waals surface area contributed by atoms with E-state index in [0.717, 1.165) is 0 Å². The van der Waals surface area contributed by atoms with E-state index in [-0.39, 0.29) is 11.7 Å². The average Bonchev–Trinajstić information content (AvgIpc) is 2.71. The third kappa shape index (κ3) is 2.25. The number of rotatable bonds is 3. The van der Waals surface area contributed by atoms with Crippen LogP contribution in [0.1, 0.15) is 12.5 Å². The minimum absolute atomic E-state index is 0.231. The van der Waals surface area contributed by atoms with Gasteiger partial charge in [-0.2, -0.15) is 0 Å². The van der Waals surface area contributed by atoms with E-state index in [0.29, 0.717) is 18.2 Å². The van der Waals surface area contributed by atoms with Crippen LogP contribution in [0.4, 0.5) is 4.39 Å². The Morgan fingerprint density at radius 3 is 2.94 bits per heavy atom. The van der Waals surface area contributed by atoms with Crippen molar-refractivity contribution < 1.29 is 18.6 Å². The van der Waals surface area contributed by atoms with Crippen LogP contribution in [0, 0.1) is 5.82 Å². The highest BCUT2D eigenvalue weighted by Gasteiger charge is 2.42. The van der Waals surface area contributed by atoms with E-state index in [4.69, 9.17) is 25.8 Å². The number of alkyl halides is 1. The molecular formula is C12H14ClFO3. The number of hydrogen-bond donors (Lipinski definition) is 0. The third-order valence-corrected chi connectivity index (χ3v) is 3.10. The van der Waals surface area contributed by atoms with Gasteiger partial charge in [0.15, 0.2) is 5.79 Å². The second-order valence-corrected chi connectivity index (χ2v) is 4.28. The molecule has 3 nitrogen and oxygen atoms in total. The summed E-state index contributed by atoms with van der Waals surface area (Å²) in [6.07, 6.45) is -0.231. The number of hydrogen-bond acceptors (Lipinski definition) is 3. The summed E-state index contributed by atoms with van der Waals surface area (Å²) in [5.74, 6) is -0.840. The van der Waals surface area contributed by atoms with Crippen LogP contribution in [0.5, 0.6) is 5.75 Å². The van der Waals surface area contributed by atoms with Gasteiger partial charge in [-0.1, -0.05) is 6.07 Å². The zero-order valence-corrected chi connectivity index (χ0v) is 10.5. The molecule has 0 saturated carbocycles. The lowest BCUT2D eigenvalue weighted by Gasteiger charge is -2.25. The lowest BCUT2D eigenvalue weighted by atomic mass is 10.1. The van der Waals surface area contributed by atoms with Gasteiger partial charge in [0.25, 0.3) is 0 Å². The number of benzene rings is 1. The molecule has 1 aliphatic rings. The molecule has 1 aromatic rings. The summed E-state index contributed by atoms with van der Waals surface area (Å²) in [5, 5.41) is 0. The predicted molar refractivity (Wildman–Crippen MR) is 61.8 cm³/mol. The largest absolute Gasteiger partial charge is 0.496 e.